The quantitative estimate of drug-likeness (QED) is 0.687. The molecule has 5 rings (SSSR count). The van der Waals surface area contributed by atoms with Gasteiger partial charge >= 0.3 is 0 Å². The Kier molecular flexibility index (Phi) is 4.67. The molecule has 2 aromatic heterocycles. The van der Waals surface area contributed by atoms with E-state index < -0.39 is 0 Å². The van der Waals surface area contributed by atoms with Gasteiger partial charge in [0.1, 0.15) is 0 Å². The third-order valence-corrected chi connectivity index (χ3v) is 5.85. The summed E-state index contributed by atoms with van der Waals surface area (Å²) in [7, 11) is 0. The maximum Gasteiger partial charge on any atom is 0.253 e. The average molecular weight is 391 g/mol. The van der Waals surface area contributed by atoms with Crippen molar-refractivity contribution >= 4 is 17.2 Å². The van der Waals surface area contributed by atoms with Crippen molar-refractivity contribution in [3.05, 3.63) is 59.5 Å². The van der Waals surface area contributed by atoms with Gasteiger partial charge in [-0.3, -0.25) is 4.79 Å². The molecule has 2 saturated heterocycles. The molecule has 4 heterocycles. The highest BCUT2D eigenvalue weighted by atomic mass is 16.5. The van der Waals surface area contributed by atoms with E-state index in [9.17, 15) is 4.79 Å². The summed E-state index contributed by atoms with van der Waals surface area (Å²) in [5.41, 5.74) is 3.89. The van der Waals surface area contributed by atoms with E-state index in [1.54, 1.807) is 0 Å². The molecule has 7 heteroatoms. The van der Waals surface area contributed by atoms with Crippen LogP contribution in [0.2, 0.25) is 0 Å². The van der Waals surface area contributed by atoms with Crippen LogP contribution in [0.15, 0.2) is 42.6 Å². The fourth-order valence-electron chi connectivity index (χ4n) is 4.11. The summed E-state index contributed by atoms with van der Waals surface area (Å²) in [5, 5.41) is 4.74. The molecular weight excluding hydrogens is 366 g/mol. The lowest BCUT2D eigenvalue weighted by molar-refractivity contribution is 0.0790. The lowest BCUT2D eigenvalue weighted by Crippen LogP contribution is -2.36. The third-order valence-electron chi connectivity index (χ3n) is 5.85. The highest BCUT2D eigenvalue weighted by Crippen LogP contribution is 2.27. The summed E-state index contributed by atoms with van der Waals surface area (Å²) in [6.07, 6.45) is 2.94. The van der Waals surface area contributed by atoms with Gasteiger partial charge in [-0.2, -0.15) is 5.10 Å². The van der Waals surface area contributed by atoms with Gasteiger partial charge in [-0.15, -0.1) is 0 Å². The normalized spacial score (nSPS) is 19.8. The van der Waals surface area contributed by atoms with Crippen molar-refractivity contribution in [1.29, 1.82) is 0 Å². The first-order valence-corrected chi connectivity index (χ1v) is 10.2. The molecule has 1 unspecified atom stereocenters. The first-order chi connectivity index (χ1) is 14.2. The number of nitrogens with zero attached hydrogens (tertiary/aromatic N) is 5. The predicted octanol–water partition coefficient (Wildman–Crippen LogP) is 2.50. The van der Waals surface area contributed by atoms with Gasteiger partial charge in [0.2, 0.25) is 0 Å². The van der Waals surface area contributed by atoms with E-state index in [4.69, 9.17) is 14.8 Å². The first kappa shape index (κ1) is 18.1. The molecule has 1 atom stereocenters. The number of carbonyl (C=O) groups excluding carboxylic acids is 1. The van der Waals surface area contributed by atoms with Crippen molar-refractivity contribution in [1.82, 2.24) is 19.5 Å². The molecule has 2 fully saturated rings. The van der Waals surface area contributed by atoms with Crippen LogP contribution < -0.4 is 4.90 Å². The number of pyridine rings is 1. The van der Waals surface area contributed by atoms with Gasteiger partial charge in [-0.05, 0) is 37.6 Å². The van der Waals surface area contributed by atoms with Crippen LogP contribution in [0, 0.1) is 6.92 Å². The maximum absolute atomic E-state index is 12.8. The SMILES string of the molecule is Cc1ccc(C(=O)N2CCC(c3nc4ccc(N5CCOCC5)cn4n3)C2)cc1. The molecule has 150 valence electrons. The Morgan fingerprint density at radius 1 is 1.07 bits per heavy atom. The lowest BCUT2D eigenvalue weighted by Gasteiger charge is -2.28. The molecule has 0 bridgehead atoms. The Bertz CT molecular complexity index is 1020. The van der Waals surface area contributed by atoms with Crippen molar-refractivity contribution in [2.75, 3.05) is 44.3 Å². The lowest BCUT2D eigenvalue weighted by atomic mass is 10.1. The van der Waals surface area contributed by atoms with Gasteiger partial charge < -0.3 is 14.5 Å². The second kappa shape index (κ2) is 7.48. The number of rotatable bonds is 3. The van der Waals surface area contributed by atoms with Crippen molar-refractivity contribution in [2.24, 2.45) is 0 Å². The zero-order valence-corrected chi connectivity index (χ0v) is 16.6. The highest BCUT2D eigenvalue weighted by molar-refractivity contribution is 5.94. The fourth-order valence-corrected chi connectivity index (χ4v) is 4.11. The number of hydrogen-bond acceptors (Lipinski definition) is 5. The molecule has 3 aromatic rings. The van der Waals surface area contributed by atoms with Crippen LogP contribution in [0.5, 0.6) is 0 Å². The van der Waals surface area contributed by atoms with Crippen molar-refractivity contribution in [2.45, 2.75) is 19.3 Å². The average Bonchev–Trinajstić information content (AvgIpc) is 3.41. The first-order valence-electron chi connectivity index (χ1n) is 10.2. The van der Waals surface area contributed by atoms with E-state index in [2.05, 4.69) is 11.0 Å². The summed E-state index contributed by atoms with van der Waals surface area (Å²) in [6, 6.07) is 11.9. The van der Waals surface area contributed by atoms with Crippen LogP contribution in [0.4, 0.5) is 5.69 Å². The molecule has 29 heavy (non-hydrogen) atoms. The van der Waals surface area contributed by atoms with E-state index in [-0.39, 0.29) is 11.8 Å². The van der Waals surface area contributed by atoms with Crippen LogP contribution in [-0.4, -0.2) is 64.8 Å². The Labute approximate surface area is 169 Å². The summed E-state index contributed by atoms with van der Waals surface area (Å²) in [6.45, 7) is 6.74. The van der Waals surface area contributed by atoms with Crippen LogP contribution >= 0.6 is 0 Å². The smallest absolute Gasteiger partial charge is 0.253 e. The minimum Gasteiger partial charge on any atom is -0.378 e. The molecule has 1 amide bonds. The number of amides is 1. The summed E-state index contributed by atoms with van der Waals surface area (Å²) in [4.78, 5) is 21.7. The summed E-state index contributed by atoms with van der Waals surface area (Å²) < 4.78 is 7.30. The Morgan fingerprint density at radius 3 is 2.66 bits per heavy atom. The van der Waals surface area contributed by atoms with Crippen molar-refractivity contribution < 1.29 is 9.53 Å². The van der Waals surface area contributed by atoms with E-state index in [0.717, 1.165) is 67.6 Å². The minimum absolute atomic E-state index is 0.0888. The number of morpholine rings is 1. The summed E-state index contributed by atoms with van der Waals surface area (Å²) in [5.74, 6) is 1.09. The standard InChI is InChI=1S/C22H25N5O2/c1-16-2-4-17(5-3-16)22(28)26-9-8-18(14-26)21-23-20-7-6-19(15-27(20)24-21)25-10-12-29-13-11-25/h2-7,15,18H,8-14H2,1H3. The molecule has 2 aliphatic heterocycles. The molecule has 0 saturated carbocycles. The maximum atomic E-state index is 12.8. The number of anilines is 1. The fraction of sp³-hybridized carbons (Fsp3) is 0.409. The second-order valence-corrected chi connectivity index (χ2v) is 7.86. The molecule has 0 aliphatic carbocycles. The minimum atomic E-state index is 0.0888. The zero-order valence-electron chi connectivity index (χ0n) is 16.6. The number of benzene rings is 1. The zero-order chi connectivity index (χ0) is 19.8. The second-order valence-electron chi connectivity index (χ2n) is 7.86. The molecular formula is C22H25N5O2. The van der Waals surface area contributed by atoms with Gasteiger partial charge in [0.15, 0.2) is 11.5 Å². The molecule has 2 aliphatic rings. The van der Waals surface area contributed by atoms with E-state index in [0.29, 0.717) is 6.54 Å². The third kappa shape index (κ3) is 3.58. The predicted molar refractivity (Wildman–Crippen MR) is 110 cm³/mol. The molecule has 7 nitrogen and oxygen atoms in total. The van der Waals surface area contributed by atoms with Crippen molar-refractivity contribution in [3.8, 4) is 0 Å². The largest absolute Gasteiger partial charge is 0.378 e. The molecule has 0 spiro atoms. The van der Waals surface area contributed by atoms with Crippen LogP contribution in [0.1, 0.15) is 34.1 Å². The Hall–Kier alpha value is -2.93. The number of aryl methyl sites for hydroxylation is 1. The van der Waals surface area contributed by atoms with Crippen LogP contribution in [-0.2, 0) is 4.74 Å². The van der Waals surface area contributed by atoms with Crippen LogP contribution in [0.3, 0.4) is 0 Å². The molecule has 1 aromatic carbocycles. The number of ether oxygens (including phenoxy) is 1. The van der Waals surface area contributed by atoms with Gasteiger partial charge in [0, 0.05) is 37.7 Å². The molecule has 0 radical (unpaired) electrons. The van der Waals surface area contributed by atoms with Gasteiger partial charge in [0.25, 0.3) is 5.91 Å². The number of hydrogen-bond donors (Lipinski definition) is 0. The topological polar surface area (TPSA) is 63.0 Å². The van der Waals surface area contributed by atoms with Crippen LogP contribution in [0.25, 0.3) is 5.65 Å². The number of fused-ring (bicyclic) bond motifs is 1. The monoisotopic (exact) mass is 391 g/mol. The highest BCUT2D eigenvalue weighted by Gasteiger charge is 2.30. The van der Waals surface area contributed by atoms with Gasteiger partial charge in [-0.25, -0.2) is 9.50 Å². The van der Waals surface area contributed by atoms with E-state index in [1.807, 2.05) is 52.9 Å². The Morgan fingerprint density at radius 2 is 1.86 bits per heavy atom. The van der Waals surface area contributed by atoms with Gasteiger partial charge in [-0.1, -0.05) is 17.7 Å². The van der Waals surface area contributed by atoms with Crippen molar-refractivity contribution in [3.63, 3.8) is 0 Å². The number of likely N-dealkylation sites (tertiary alicyclic amines) is 1. The van der Waals surface area contributed by atoms with Gasteiger partial charge in [0.05, 0.1) is 25.1 Å². The van der Waals surface area contributed by atoms with E-state index >= 15 is 0 Å². The Balaban J connectivity index is 1.32. The summed E-state index contributed by atoms with van der Waals surface area (Å²) >= 11 is 0. The number of carbonyl (C=O) groups is 1. The number of aromatic nitrogens is 3. The van der Waals surface area contributed by atoms with E-state index in [1.165, 1.54) is 0 Å². The molecule has 0 N–H and O–H groups in total.